The normalized spacial score (nSPS) is 10.8. The van der Waals surface area contributed by atoms with Gasteiger partial charge in [-0.05, 0) is 98.3 Å². The van der Waals surface area contributed by atoms with Crippen molar-refractivity contribution in [3.05, 3.63) is 126 Å². The fraction of sp³-hybridized carbons (Fsp3) is 0.143. The maximum atomic E-state index is 13.3. The molecule has 4 aromatic rings. The van der Waals surface area contributed by atoms with Crippen molar-refractivity contribution in [3.8, 4) is 5.75 Å². The number of anilines is 2. The van der Waals surface area contributed by atoms with Gasteiger partial charge in [0.25, 0.3) is 11.8 Å². The van der Waals surface area contributed by atoms with Crippen LogP contribution in [0.1, 0.15) is 40.1 Å². The van der Waals surface area contributed by atoms with Crippen LogP contribution in [0.15, 0.2) is 114 Å². The topological polar surface area (TPSA) is 123 Å². The van der Waals surface area contributed by atoms with Crippen LogP contribution in [0.4, 0.5) is 11.4 Å². The lowest BCUT2D eigenvalue weighted by Crippen LogP contribution is -2.30. The van der Waals surface area contributed by atoms with Crippen LogP contribution < -0.4 is 20.7 Å². The van der Waals surface area contributed by atoms with Crippen molar-refractivity contribution >= 4 is 52.9 Å². The summed E-state index contributed by atoms with van der Waals surface area (Å²) in [5.74, 6) is -0.674. The third-order valence-electron chi connectivity index (χ3n) is 6.19. The van der Waals surface area contributed by atoms with E-state index in [9.17, 15) is 19.2 Å². The standard InChI is InChI=1S/C35H33N3O6S/c1-3-43-29-18-10-24(11-19-29)22-31(38-33(40)25-8-6-5-7-9-25)34(41)37-28-16-20-30(21-17-28)45-23-32(39)36-27-14-12-26(13-15-27)35(42)44-4-2/h5-22H,3-4,23H2,1-2H3,(H,36,39)(H,37,41)(H,38,40)/b31-22-. The van der Waals surface area contributed by atoms with E-state index in [2.05, 4.69) is 16.0 Å². The molecule has 0 atom stereocenters. The first kappa shape index (κ1) is 32.6. The van der Waals surface area contributed by atoms with Gasteiger partial charge in [0.1, 0.15) is 11.4 Å². The predicted molar refractivity (Wildman–Crippen MR) is 176 cm³/mol. The molecule has 0 aliphatic rings. The summed E-state index contributed by atoms with van der Waals surface area (Å²) in [6, 6.07) is 29.3. The number of benzene rings is 4. The number of carbonyl (C=O) groups is 4. The van der Waals surface area contributed by atoms with Crippen molar-refractivity contribution in [3.63, 3.8) is 0 Å². The van der Waals surface area contributed by atoms with E-state index in [1.165, 1.54) is 11.8 Å². The van der Waals surface area contributed by atoms with Crippen molar-refractivity contribution in [2.45, 2.75) is 18.7 Å². The Labute approximate surface area is 266 Å². The zero-order valence-corrected chi connectivity index (χ0v) is 25.7. The number of rotatable bonds is 13. The Hall–Kier alpha value is -5.35. The molecule has 10 heteroatoms. The van der Waals surface area contributed by atoms with Crippen LogP contribution >= 0.6 is 11.8 Å². The summed E-state index contributed by atoms with van der Waals surface area (Å²) in [7, 11) is 0. The number of hydrogen-bond acceptors (Lipinski definition) is 7. The molecule has 4 aromatic carbocycles. The van der Waals surface area contributed by atoms with Crippen LogP contribution in [-0.2, 0) is 14.3 Å². The van der Waals surface area contributed by atoms with E-state index < -0.39 is 17.8 Å². The van der Waals surface area contributed by atoms with E-state index in [0.29, 0.717) is 40.4 Å². The number of ether oxygens (including phenoxy) is 2. The molecule has 9 nitrogen and oxygen atoms in total. The molecule has 0 heterocycles. The summed E-state index contributed by atoms with van der Waals surface area (Å²) in [6.45, 7) is 4.46. The molecule has 3 N–H and O–H groups in total. The van der Waals surface area contributed by atoms with Gasteiger partial charge in [-0.15, -0.1) is 11.8 Å². The highest BCUT2D eigenvalue weighted by atomic mass is 32.2. The van der Waals surface area contributed by atoms with Crippen molar-refractivity contribution < 1.29 is 28.7 Å². The average Bonchev–Trinajstić information content (AvgIpc) is 3.06. The van der Waals surface area contributed by atoms with Gasteiger partial charge in [-0.25, -0.2) is 4.79 Å². The minimum absolute atomic E-state index is 0.0680. The molecular formula is C35H33N3O6S. The maximum absolute atomic E-state index is 13.3. The van der Waals surface area contributed by atoms with Gasteiger partial charge in [0.05, 0.1) is 24.5 Å². The van der Waals surface area contributed by atoms with Gasteiger partial charge in [-0.3, -0.25) is 14.4 Å². The number of nitrogens with one attached hydrogen (secondary N) is 3. The molecule has 0 fully saturated rings. The molecule has 45 heavy (non-hydrogen) atoms. The van der Waals surface area contributed by atoms with Gasteiger partial charge in [0, 0.05) is 21.8 Å². The third-order valence-corrected chi connectivity index (χ3v) is 7.20. The highest BCUT2D eigenvalue weighted by molar-refractivity contribution is 8.00. The summed E-state index contributed by atoms with van der Waals surface area (Å²) in [5, 5.41) is 8.36. The molecule has 0 unspecified atom stereocenters. The Morgan fingerprint density at radius 3 is 2.00 bits per heavy atom. The lowest BCUT2D eigenvalue weighted by Gasteiger charge is -2.12. The van der Waals surface area contributed by atoms with E-state index in [-0.39, 0.29) is 24.0 Å². The second kappa shape index (κ2) is 16.5. The largest absolute Gasteiger partial charge is 0.494 e. The van der Waals surface area contributed by atoms with Crippen LogP contribution in [-0.4, -0.2) is 42.7 Å². The Kier molecular flexibility index (Phi) is 11.9. The molecular weight excluding hydrogens is 590 g/mol. The SMILES string of the molecule is CCOC(=O)c1ccc(NC(=O)CSc2ccc(NC(=O)/C(=C/c3ccc(OCC)cc3)NC(=O)c3ccccc3)cc2)cc1. The number of amides is 3. The molecule has 4 rings (SSSR count). The summed E-state index contributed by atoms with van der Waals surface area (Å²) in [6.07, 6.45) is 1.60. The van der Waals surface area contributed by atoms with Crippen molar-refractivity contribution in [2.75, 3.05) is 29.6 Å². The van der Waals surface area contributed by atoms with Crippen LogP contribution in [0.25, 0.3) is 6.08 Å². The zero-order valence-electron chi connectivity index (χ0n) is 24.9. The molecule has 230 valence electrons. The summed E-state index contributed by atoms with van der Waals surface area (Å²) < 4.78 is 10.5. The van der Waals surface area contributed by atoms with E-state index in [0.717, 1.165) is 4.90 Å². The fourth-order valence-electron chi connectivity index (χ4n) is 4.02. The van der Waals surface area contributed by atoms with Gasteiger partial charge in [0.2, 0.25) is 5.91 Å². The minimum Gasteiger partial charge on any atom is -0.494 e. The van der Waals surface area contributed by atoms with Crippen LogP contribution in [0, 0.1) is 0 Å². The minimum atomic E-state index is -0.498. The zero-order chi connectivity index (χ0) is 32.0. The van der Waals surface area contributed by atoms with Gasteiger partial charge >= 0.3 is 5.97 Å². The highest BCUT2D eigenvalue weighted by Gasteiger charge is 2.15. The number of hydrogen-bond donors (Lipinski definition) is 3. The fourth-order valence-corrected chi connectivity index (χ4v) is 4.72. The monoisotopic (exact) mass is 623 g/mol. The Morgan fingerprint density at radius 2 is 1.36 bits per heavy atom. The smallest absolute Gasteiger partial charge is 0.338 e. The molecule has 3 amide bonds. The van der Waals surface area contributed by atoms with E-state index in [1.807, 2.05) is 13.0 Å². The molecule has 0 spiro atoms. The first-order chi connectivity index (χ1) is 21.8. The van der Waals surface area contributed by atoms with Gasteiger partial charge < -0.3 is 25.4 Å². The summed E-state index contributed by atoms with van der Waals surface area (Å²) in [4.78, 5) is 51.3. The summed E-state index contributed by atoms with van der Waals surface area (Å²) >= 11 is 1.33. The van der Waals surface area contributed by atoms with Gasteiger partial charge in [0.15, 0.2) is 0 Å². The van der Waals surface area contributed by atoms with Crippen molar-refractivity contribution in [1.29, 1.82) is 0 Å². The molecule has 0 saturated heterocycles. The van der Waals surface area contributed by atoms with Crippen molar-refractivity contribution in [1.82, 2.24) is 5.32 Å². The predicted octanol–water partition coefficient (Wildman–Crippen LogP) is 6.40. The van der Waals surface area contributed by atoms with E-state index in [1.54, 1.807) is 110 Å². The van der Waals surface area contributed by atoms with Crippen LogP contribution in [0.3, 0.4) is 0 Å². The van der Waals surface area contributed by atoms with Crippen LogP contribution in [0.2, 0.25) is 0 Å². The lowest BCUT2D eigenvalue weighted by molar-refractivity contribution is -0.114. The van der Waals surface area contributed by atoms with Crippen molar-refractivity contribution in [2.24, 2.45) is 0 Å². The number of thioether (sulfide) groups is 1. The highest BCUT2D eigenvalue weighted by Crippen LogP contribution is 2.22. The first-order valence-electron chi connectivity index (χ1n) is 14.3. The third kappa shape index (κ3) is 10.1. The second-order valence-corrected chi connectivity index (χ2v) is 10.5. The molecule has 0 bridgehead atoms. The molecule has 0 aromatic heterocycles. The molecule has 0 saturated carbocycles. The average molecular weight is 624 g/mol. The number of carbonyl (C=O) groups excluding carboxylic acids is 4. The first-order valence-corrected chi connectivity index (χ1v) is 15.3. The molecule has 0 radical (unpaired) electrons. The van der Waals surface area contributed by atoms with Crippen LogP contribution in [0.5, 0.6) is 5.75 Å². The molecule has 0 aliphatic heterocycles. The Balaban J connectivity index is 1.36. The summed E-state index contributed by atoms with van der Waals surface area (Å²) in [5.41, 5.74) is 2.69. The van der Waals surface area contributed by atoms with Gasteiger partial charge in [-0.1, -0.05) is 30.3 Å². The van der Waals surface area contributed by atoms with E-state index >= 15 is 0 Å². The van der Waals surface area contributed by atoms with Gasteiger partial charge in [-0.2, -0.15) is 0 Å². The lowest BCUT2D eigenvalue weighted by atomic mass is 10.1. The quantitative estimate of drug-likeness (QED) is 0.0895. The molecule has 0 aliphatic carbocycles. The second-order valence-electron chi connectivity index (χ2n) is 9.49. The Morgan fingerprint density at radius 1 is 0.711 bits per heavy atom. The number of esters is 1. The Bertz CT molecular complexity index is 1640. The van der Waals surface area contributed by atoms with E-state index in [4.69, 9.17) is 9.47 Å². The maximum Gasteiger partial charge on any atom is 0.338 e.